The third-order valence-corrected chi connectivity index (χ3v) is 3.96. The Morgan fingerprint density at radius 1 is 0.950 bits per heavy atom. The summed E-state index contributed by atoms with van der Waals surface area (Å²) >= 11 is 0. The highest BCUT2D eigenvalue weighted by molar-refractivity contribution is 5.40. The van der Waals surface area contributed by atoms with Crippen molar-refractivity contribution in [1.29, 1.82) is 0 Å². The van der Waals surface area contributed by atoms with Gasteiger partial charge in [-0.15, -0.1) is 0 Å². The summed E-state index contributed by atoms with van der Waals surface area (Å²) in [6.45, 7) is 8.78. The zero-order valence-corrected chi connectivity index (χ0v) is 13.0. The van der Waals surface area contributed by atoms with Crippen LogP contribution >= 0.6 is 0 Å². The number of hydrogen-bond acceptors (Lipinski definition) is 1. The van der Waals surface area contributed by atoms with Crippen molar-refractivity contribution in [1.82, 2.24) is 0 Å². The van der Waals surface area contributed by atoms with Crippen molar-refractivity contribution in [3.63, 3.8) is 0 Å². The lowest BCUT2D eigenvalue weighted by molar-refractivity contribution is 0.647. The molecule has 0 aliphatic heterocycles. The normalized spacial score (nSPS) is 12.7. The average molecular weight is 267 g/mol. The van der Waals surface area contributed by atoms with E-state index in [1.807, 2.05) is 0 Å². The van der Waals surface area contributed by atoms with Gasteiger partial charge in [-0.25, -0.2) is 0 Å². The van der Waals surface area contributed by atoms with Crippen LogP contribution in [0, 0.1) is 19.8 Å². The highest BCUT2D eigenvalue weighted by atomic mass is 14.6. The Bertz CT molecular complexity index is 567. The molecule has 0 saturated carbocycles. The third kappa shape index (κ3) is 3.29. The van der Waals surface area contributed by atoms with Gasteiger partial charge in [0, 0.05) is 0 Å². The van der Waals surface area contributed by atoms with E-state index in [-0.39, 0.29) is 6.04 Å². The Morgan fingerprint density at radius 2 is 1.60 bits per heavy atom. The van der Waals surface area contributed by atoms with Gasteiger partial charge in [0.15, 0.2) is 0 Å². The molecule has 2 aromatic rings. The molecule has 1 nitrogen and oxygen atoms in total. The zero-order chi connectivity index (χ0) is 14.7. The molecule has 0 aliphatic rings. The summed E-state index contributed by atoms with van der Waals surface area (Å²) in [4.78, 5) is 0. The van der Waals surface area contributed by atoms with E-state index in [2.05, 4.69) is 70.2 Å². The van der Waals surface area contributed by atoms with E-state index in [0.717, 1.165) is 6.42 Å². The molecule has 20 heavy (non-hydrogen) atoms. The maximum atomic E-state index is 6.44. The first-order chi connectivity index (χ1) is 9.49. The quantitative estimate of drug-likeness (QED) is 0.864. The molecule has 1 unspecified atom stereocenters. The van der Waals surface area contributed by atoms with Crippen molar-refractivity contribution >= 4 is 0 Å². The van der Waals surface area contributed by atoms with Crippen LogP contribution in [0.5, 0.6) is 0 Å². The molecule has 0 aromatic heterocycles. The molecular weight excluding hydrogens is 242 g/mol. The monoisotopic (exact) mass is 267 g/mol. The van der Waals surface area contributed by atoms with Crippen LogP contribution in [0.25, 0.3) is 0 Å². The SMILES string of the molecule is Cc1cccc(C(N)c2ccc(CC(C)C)cc2)c1C. The molecule has 0 radical (unpaired) electrons. The second-order valence-corrected chi connectivity index (χ2v) is 6.11. The van der Waals surface area contributed by atoms with Gasteiger partial charge in [0.05, 0.1) is 6.04 Å². The molecule has 0 heterocycles. The van der Waals surface area contributed by atoms with E-state index >= 15 is 0 Å². The van der Waals surface area contributed by atoms with E-state index in [1.54, 1.807) is 0 Å². The van der Waals surface area contributed by atoms with Gasteiger partial charge in [-0.2, -0.15) is 0 Å². The van der Waals surface area contributed by atoms with Crippen LogP contribution in [0.1, 0.15) is 47.7 Å². The summed E-state index contributed by atoms with van der Waals surface area (Å²) in [6, 6.07) is 15.1. The summed E-state index contributed by atoms with van der Waals surface area (Å²) in [5.74, 6) is 0.688. The van der Waals surface area contributed by atoms with Crippen molar-refractivity contribution in [2.75, 3.05) is 0 Å². The molecule has 0 spiro atoms. The van der Waals surface area contributed by atoms with Gasteiger partial charge >= 0.3 is 0 Å². The summed E-state index contributed by atoms with van der Waals surface area (Å²) in [7, 11) is 0. The molecule has 1 heteroatoms. The highest BCUT2D eigenvalue weighted by Crippen LogP contribution is 2.25. The van der Waals surface area contributed by atoms with Crippen LogP contribution in [-0.2, 0) is 6.42 Å². The third-order valence-electron chi connectivity index (χ3n) is 3.96. The van der Waals surface area contributed by atoms with E-state index in [0.29, 0.717) is 5.92 Å². The fourth-order valence-electron chi connectivity index (χ4n) is 2.62. The first kappa shape index (κ1) is 14.8. The Balaban J connectivity index is 2.25. The van der Waals surface area contributed by atoms with Crippen molar-refractivity contribution < 1.29 is 0 Å². The topological polar surface area (TPSA) is 26.0 Å². The number of nitrogens with two attached hydrogens (primary N) is 1. The van der Waals surface area contributed by atoms with E-state index < -0.39 is 0 Å². The number of aryl methyl sites for hydroxylation is 1. The number of benzene rings is 2. The van der Waals surface area contributed by atoms with Gasteiger partial charge in [0.1, 0.15) is 0 Å². The second-order valence-electron chi connectivity index (χ2n) is 6.11. The Morgan fingerprint density at radius 3 is 2.20 bits per heavy atom. The van der Waals surface area contributed by atoms with Gasteiger partial charge in [0.25, 0.3) is 0 Å². The largest absolute Gasteiger partial charge is 0.320 e. The lowest BCUT2D eigenvalue weighted by Gasteiger charge is -2.17. The minimum atomic E-state index is -0.0389. The van der Waals surface area contributed by atoms with Gasteiger partial charge in [-0.3, -0.25) is 0 Å². The smallest absolute Gasteiger partial charge is 0.0554 e. The minimum absolute atomic E-state index is 0.0389. The maximum absolute atomic E-state index is 6.44. The van der Waals surface area contributed by atoms with Gasteiger partial charge in [-0.1, -0.05) is 56.3 Å². The first-order valence-corrected chi connectivity index (χ1v) is 7.39. The van der Waals surface area contributed by atoms with Gasteiger partial charge < -0.3 is 5.73 Å². The highest BCUT2D eigenvalue weighted by Gasteiger charge is 2.12. The standard InChI is InChI=1S/C19H25N/c1-13(2)12-16-8-10-17(11-9-16)19(20)18-7-5-6-14(3)15(18)4/h5-11,13,19H,12,20H2,1-4H3. The molecule has 0 saturated heterocycles. The Hall–Kier alpha value is -1.60. The Labute approximate surface area is 122 Å². The van der Waals surface area contributed by atoms with Crippen LogP contribution in [0.2, 0.25) is 0 Å². The van der Waals surface area contributed by atoms with Crippen LogP contribution < -0.4 is 5.73 Å². The predicted octanol–water partition coefficient (Wildman–Crippen LogP) is 4.55. The fraction of sp³-hybridized carbons (Fsp3) is 0.368. The molecule has 2 aromatic carbocycles. The van der Waals surface area contributed by atoms with Crippen LogP contribution in [0.3, 0.4) is 0 Å². The van der Waals surface area contributed by atoms with Crippen LogP contribution in [0.15, 0.2) is 42.5 Å². The second kappa shape index (κ2) is 6.23. The molecule has 0 amide bonds. The van der Waals surface area contributed by atoms with Crippen LogP contribution in [0.4, 0.5) is 0 Å². The molecule has 2 N–H and O–H groups in total. The molecule has 1 atom stereocenters. The zero-order valence-electron chi connectivity index (χ0n) is 13.0. The average Bonchev–Trinajstić information content (AvgIpc) is 2.41. The molecule has 106 valence electrons. The summed E-state index contributed by atoms with van der Waals surface area (Å²) < 4.78 is 0. The molecule has 0 aliphatic carbocycles. The number of rotatable bonds is 4. The van der Waals surface area contributed by atoms with E-state index in [9.17, 15) is 0 Å². The summed E-state index contributed by atoms with van der Waals surface area (Å²) in [5, 5.41) is 0. The van der Waals surface area contributed by atoms with Crippen molar-refractivity contribution in [3.8, 4) is 0 Å². The summed E-state index contributed by atoms with van der Waals surface area (Å²) in [6.07, 6.45) is 1.12. The molecule has 2 rings (SSSR count). The van der Waals surface area contributed by atoms with E-state index in [4.69, 9.17) is 5.73 Å². The summed E-state index contributed by atoms with van der Waals surface area (Å²) in [5.41, 5.74) is 12.8. The molecule has 0 bridgehead atoms. The van der Waals surface area contributed by atoms with Gasteiger partial charge in [-0.05, 0) is 54.0 Å². The van der Waals surface area contributed by atoms with Crippen molar-refractivity contribution in [3.05, 3.63) is 70.3 Å². The van der Waals surface area contributed by atoms with E-state index in [1.165, 1.54) is 27.8 Å². The lowest BCUT2D eigenvalue weighted by atomic mass is 9.92. The van der Waals surface area contributed by atoms with Crippen molar-refractivity contribution in [2.24, 2.45) is 11.7 Å². The Kier molecular flexibility index (Phi) is 4.61. The fourth-order valence-corrected chi connectivity index (χ4v) is 2.62. The van der Waals surface area contributed by atoms with Crippen LogP contribution in [-0.4, -0.2) is 0 Å². The van der Waals surface area contributed by atoms with Crippen molar-refractivity contribution in [2.45, 2.75) is 40.2 Å². The van der Waals surface area contributed by atoms with Gasteiger partial charge in [0.2, 0.25) is 0 Å². The predicted molar refractivity (Wildman–Crippen MR) is 86.9 cm³/mol. The first-order valence-electron chi connectivity index (χ1n) is 7.39. The molecule has 0 fully saturated rings. The lowest BCUT2D eigenvalue weighted by Crippen LogP contribution is -2.13. The molecular formula is C19H25N. The minimum Gasteiger partial charge on any atom is -0.320 e. The maximum Gasteiger partial charge on any atom is 0.0554 e. The number of hydrogen-bond donors (Lipinski definition) is 1.